The lowest BCUT2D eigenvalue weighted by molar-refractivity contribution is 0.239. The molecule has 0 aliphatic carbocycles. The van der Waals surface area contributed by atoms with Crippen LogP contribution in [-0.2, 0) is 13.0 Å². The Labute approximate surface area is 126 Å². The standard InChI is InChI=1S/C17H24N4/c1-3-14(2)13-20-10-9-16-18-19-17(21(16)12-11-20)15-7-5-4-6-8-15/h4-8,14H,3,9-13H2,1-2H3. The fraction of sp³-hybridized carbons (Fsp3) is 0.529. The van der Waals surface area contributed by atoms with Crippen LogP contribution >= 0.6 is 0 Å². The molecule has 0 radical (unpaired) electrons. The third-order valence-corrected chi connectivity index (χ3v) is 4.42. The van der Waals surface area contributed by atoms with Gasteiger partial charge in [-0.3, -0.25) is 0 Å². The zero-order valence-electron chi connectivity index (χ0n) is 13.0. The first-order chi connectivity index (χ1) is 10.3. The maximum atomic E-state index is 4.41. The predicted molar refractivity (Wildman–Crippen MR) is 85.1 cm³/mol. The summed E-state index contributed by atoms with van der Waals surface area (Å²) in [4.78, 5) is 2.57. The van der Waals surface area contributed by atoms with Crippen molar-refractivity contribution in [2.45, 2.75) is 33.2 Å². The van der Waals surface area contributed by atoms with Crippen molar-refractivity contribution in [2.24, 2.45) is 5.92 Å². The van der Waals surface area contributed by atoms with Crippen LogP contribution in [0.2, 0.25) is 0 Å². The van der Waals surface area contributed by atoms with E-state index in [0.29, 0.717) is 0 Å². The molecule has 0 saturated heterocycles. The van der Waals surface area contributed by atoms with Crippen LogP contribution in [-0.4, -0.2) is 39.3 Å². The Morgan fingerprint density at radius 2 is 1.90 bits per heavy atom. The summed E-state index contributed by atoms with van der Waals surface area (Å²) < 4.78 is 2.30. The Hall–Kier alpha value is -1.68. The summed E-state index contributed by atoms with van der Waals surface area (Å²) in [5, 5.41) is 8.82. The van der Waals surface area contributed by atoms with Gasteiger partial charge in [-0.25, -0.2) is 0 Å². The fourth-order valence-corrected chi connectivity index (χ4v) is 2.92. The van der Waals surface area contributed by atoms with Crippen LogP contribution in [0.3, 0.4) is 0 Å². The largest absolute Gasteiger partial charge is 0.310 e. The van der Waals surface area contributed by atoms with E-state index in [1.165, 1.54) is 13.0 Å². The monoisotopic (exact) mass is 284 g/mol. The first kappa shape index (κ1) is 14.3. The van der Waals surface area contributed by atoms with Gasteiger partial charge in [0.25, 0.3) is 0 Å². The average molecular weight is 284 g/mol. The van der Waals surface area contributed by atoms with Crippen LogP contribution in [0, 0.1) is 5.92 Å². The van der Waals surface area contributed by atoms with Crippen molar-refractivity contribution in [1.29, 1.82) is 0 Å². The van der Waals surface area contributed by atoms with Crippen molar-refractivity contribution in [3.05, 3.63) is 36.2 Å². The second kappa shape index (κ2) is 6.39. The van der Waals surface area contributed by atoms with Crippen LogP contribution in [0.4, 0.5) is 0 Å². The van der Waals surface area contributed by atoms with Gasteiger partial charge in [-0.2, -0.15) is 0 Å². The van der Waals surface area contributed by atoms with Gasteiger partial charge in [0, 0.05) is 38.2 Å². The molecule has 1 unspecified atom stereocenters. The molecule has 0 fully saturated rings. The number of hydrogen-bond acceptors (Lipinski definition) is 3. The van der Waals surface area contributed by atoms with Crippen LogP contribution in [0.5, 0.6) is 0 Å². The average Bonchev–Trinajstić information content (AvgIpc) is 2.83. The van der Waals surface area contributed by atoms with Crippen LogP contribution in [0.1, 0.15) is 26.1 Å². The van der Waals surface area contributed by atoms with Crippen molar-refractivity contribution in [2.75, 3.05) is 19.6 Å². The molecule has 1 aromatic heterocycles. The quantitative estimate of drug-likeness (QED) is 0.865. The van der Waals surface area contributed by atoms with Crippen molar-refractivity contribution >= 4 is 0 Å². The van der Waals surface area contributed by atoms with E-state index >= 15 is 0 Å². The summed E-state index contributed by atoms with van der Waals surface area (Å²) in [5.74, 6) is 2.90. The summed E-state index contributed by atoms with van der Waals surface area (Å²) in [7, 11) is 0. The number of aromatic nitrogens is 3. The predicted octanol–water partition coefficient (Wildman–Crippen LogP) is 2.85. The highest BCUT2D eigenvalue weighted by Gasteiger charge is 2.20. The third kappa shape index (κ3) is 3.16. The molecule has 0 spiro atoms. The molecule has 1 aliphatic rings. The molecule has 0 amide bonds. The lowest BCUT2D eigenvalue weighted by Gasteiger charge is -2.22. The van der Waals surface area contributed by atoms with E-state index in [1.807, 2.05) is 6.07 Å². The van der Waals surface area contributed by atoms with E-state index in [4.69, 9.17) is 0 Å². The van der Waals surface area contributed by atoms with Crippen molar-refractivity contribution < 1.29 is 0 Å². The Kier molecular flexibility index (Phi) is 4.34. The van der Waals surface area contributed by atoms with Gasteiger partial charge in [-0.05, 0) is 5.92 Å². The molecule has 3 rings (SSSR count). The van der Waals surface area contributed by atoms with E-state index in [-0.39, 0.29) is 0 Å². The zero-order chi connectivity index (χ0) is 14.7. The van der Waals surface area contributed by atoms with E-state index in [9.17, 15) is 0 Å². The first-order valence-electron chi connectivity index (χ1n) is 7.97. The lowest BCUT2D eigenvalue weighted by atomic mass is 10.1. The molecule has 0 N–H and O–H groups in total. The SMILES string of the molecule is CCC(C)CN1CCc2nnc(-c3ccccc3)n2CC1. The normalized spacial score (nSPS) is 17.2. The molecule has 21 heavy (non-hydrogen) atoms. The van der Waals surface area contributed by atoms with E-state index in [0.717, 1.165) is 49.2 Å². The maximum Gasteiger partial charge on any atom is 0.164 e. The van der Waals surface area contributed by atoms with E-state index in [1.54, 1.807) is 0 Å². The minimum Gasteiger partial charge on any atom is -0.310 e. The molecule has 4 heteroatoms. The second-order valence-corrected chi connectivity index (χ2v) is 6.02. The van der Waals surface area contributed by atoms with Gasteiger partial charge >= 0.3 is 0 Å². The molecule has 1 aliphatic heterocycles. The van der Waals surface area contributed by atoms with Crippen molar-refractivity contribution in [3.8, 4) is 11.4 Å². The molecule has 1 aromatic carbocycles. The molecule has 1 atom stereocenters. The molecule has 4 nitrogen and oxygen atoms in total. The fourth-order valence-electron chi connectivity index (χ4n) is 2.92. The highest BCUT2D eigenvalue weighted by molar-refractivity contribution is 5.55. The Morgan fingerprint density at radius 1 is 1.10 bits per heavy atom. The third-order valence-electron chi connectivity index (χ3n) is 4.42. The van der Waals surface area contributed by atoms with Gasteiger partial charge in [-0.1, -0.05) is 50.6 Å². The summed E-state index contributed by atoms with van der Waals surface area (Å²) in [6, 6.07) is 10.4. The minimum atomic E-state index is 0.766. The summed E-state index contributed by atoms with van der Waals surface area (Å²) in [6.45, 7) is 8.97. The number of fused-ring (bicyclic) bond motifs is 1. The van der Waals surface area contributed by atoms with Gasteiger partial charge in [0.05, 0.1) is 0 Å². The van der Waals surface area contributed by atoms with Crippen LogP contribution < -0.4 is 0 Å². The highest BCUT2D eigenvalue weighted by Crippen LogP contribution is 2.20. The van der Waals surface area contributed by atoms with Crippen molar-refractivity contribution in [1.82, 2.24) is 19.7 Å². The highest BCUT2D eigenvalue weighted by atomic mass is 15.3. The topological polar surface area (TPSA) is 34.0 Å². The Morgan fingerprint density at radius 3 is 2.67 bits per heavy atom. The number of nitrogens with zero attached hydrogens (tertiary/aromatic N) is 4. The van der Waals surface area contributed by atoms with Gasteiger partial charge in [0.15, 0.2) is 5.82 Å². The Balaban J connectivity index is 1.77. The van der Waals surface area contributed by atoms with Crippen molar-refractivity contribution in [3.63, 3.8) is 0 Å². The van der Waals surface area contributed by atoms with Gasteiger partial charge in [-0.15, -0.1) is 10.2 Å². The van der Waals surface area contributed by atoms with E-state index in [2.05, 4.69) is 57.8 Å². The molecule has 2 aromatic rings. The first-order valence-corrected chi connectivity index (χ1v) is 7.97. The Bertz CT molecular complexity index is 576. The molecular weight excluding hydrogens is 260 g/mol. The van der Waals surface area contributed by atoms with Gasteiger partial charge < -0.3 is 9.47 Å². The second-order valence-electron chi connectivity index (χ2n) is 6.02. The smallest absolute Gasteiger partial charge is 0.164 e. The molecular formula is C17H24N4. The molecule has 0 saturated carbocycles. The summed E-state index contributed by atoms with van der Waals surface area (Å²) in [5.41, 5.74) is 1.16. The van der Waals surface area contributed by atoms with Gasteiger partial charge in [0.1, 0.15) is 5.82 Å². The molecule has 112 valence electrons. The lowest BCUT2D eigenvalue weighted by Crippen LogP contribution is -2.31. The van der Waals surface area contributed by atoms with Crippen LogP contribution in [0.15, 0.2) is 30.3 Å². The van der Waals surface area contributed by atoms with Crippen LogP contribution in [0.25, 0.3) is 11.4 Å². The summed E-state index contributed by atoms with van der Waals surface area (Å²) in [6.07, 6.45) is 2.24. The summed E-state index contributed by atoms with van der Waals surface area (Å²) >= 11 is 0. The van der Waals surface area contributed by atoms with E-state index < -0.39 is 0 Å². The van der Waals surface area contributed by atoms with Gasteiger partial charge in [0.2, 0.25) is 0 Å². The minimum absolute atomic E-state index is 0.766. The zero-order valence-corrected chi connectivity index (χ0v) is 13.0. The molecule has 2 heterocycles. The number of hydrogen-bond donors (Lipinski definition) is 0. The number of rotatable bonds is 4. The maximum absolute atomic E-state index is 4.41. The molecule has 0 bridgehead atoms. The number of benzene rings is 1.